The second kappa shape index (κ2) is 5.78. The van der Waals surface area contributed by atoms with E-state index in [1.165, 1.54) is 18.9 Å². The molecule has 0 heterocycles. The van der Waals surface area contributed by atoms with Gasteiger partial charge >= 0.3 is 0 Å². The number of rotatable bonds is 2. The summed E-state index contributed by atoms with van der Waals surface area (Å²) < 4.78 is 14.2. The number of thiocarbonyl (C=S) groups is 1. The Balaban J connectivity index is 1.97. The Morgan fingerprint density at radius 3 is 2.71 bits per heavy atom. The fraction of sp³-hybridized carbons (Fsp3) is 0.417. The molecule has 0 aromatic heterocycles. The molecular formula is C12H14BrFN2S. The van der Waals surface area contributed by atoms with Gasteiger partial charge in [-0.2, -0.15) is 0 Å². The Kier molecular flexibility index (Phi) is 4.34. The van der Waals surface area contributed by atoms with Gasteiger partial charge in [-0.15, -0.1) is 0 Å². The molecule has 2 rings (SSSR count). The predicted octanol–water partition coefficient (Wildman–Crippen LogP) is 3.82. The molecule has 0 aliphatic heterocycles. The molecule has 1 aromatic carbocycles. The molecule has 0 amide bonds. The third-order valence-corrected chi connectivity index (χ3v) is 3.77. The van der Waals surface area contributed by atoms with Crippen molar-refractivity contribution in [2.75, 3.05) is 5.32 Å². The zero-order valence-corrected chi connectivity index (χ0v) is 11.7. The number of halogens is 2. The van der Waals surface area contributed by atoms with Crippen molar-refractivity contribution in [2.45, 2.75) is 31.7 Å². The molecule has 1 fully saturated rings. The summed E-state index contributed by atoms with van der Waals surface area (Å²) >= 11 is 8.48. The van der Waals surface area contributed by atoms with E-state index >= 15 is 0 Å². The van der Waals surface area contributed by atoms with Crippen LogP contribution in [-0.2, 0) is 0 Å². The lowest BCUT2D eigenvalue weighted by atomic mass is 10.2. The van der Waals surface area contributed by atoms with Crippen molar-refractivity contribution in [3.8, 4) is 0 Å². The fourth-order valence-corrected chi connectivity index (χ4v) is 2.73. The number of anilines is 1. The van der Waals surface area contributed by atoms with Crippen molar-refractivity contribution < 1.29 is 4.39 Å². The molecule has 1 saturated carbocycles. The van der Waals surface area contributed by atoms with Crippen LogP contribution in [0.3, 0.4) is 0 Å². The highest BCUT2D eigenvalue weighted by atomic mass is 79.9. The maximum Gasteiger partial charge on any atom is 0.171 e. The van der Waals surface area contributed by atoms with Crippen molar-refractivity contribution in [3.05, 3.63) is 28.5 Å². The second-order valence-electron chi connectivity index (χ2n) is 4.18. The summed E-state index contributed by atoms with van der Waals surface area (Å²) in [6.07, 6.45) is 4.76. The van der Waals surface area contributed by atoms with Crippen molar-refractivity contribution in [1.29, 1.82) is 0 Å². The Hall–Kier alpha value is -0.680. The first-order valence-electron chi connectivity index (χ1n) is 5.68. The zero-order chi connectivity index (χ0) is 12.3. The molecule has 0 bridgehead atoms. The van der Waals surface area contributed by atoms with Crippen LogP contribution in [0.1, 0.15) is 25.7 Å². The minimum Gasteiger partial charge on any atom is -0.360 e. The maximum absolute atomic E-state index is 13.5. The van der Waals surface area contributed by atoms with E-state index in [0.717, 1.165) is 12.8 Å². The highest BCUT2D eigenvalue weighted by molar-refractivity contribution is 9.10. The minimum atomic E-state index is -0.310. The van der Waals surface area contributed by atoms with Crippen molar-refractivity contribution in [3.63, 3.8) is 0 Å². The molecule has 0 spiro atoms. The van der Waals surface area contributed by atoms with Gasteiger partial charge < -0.3 is 10.6 Å². The van der Waals surface area contributed by atoms with E-state index < -0.39 is 0 Å². The van der Waals surface area contributed by atoms with Gasteiger partial charge in [-0.1, -0.05) is 18.9 Å². The summed E-state index contributed by atoms with van der Waals surface area (Å²) in [5.74, 6) is -0.310. The average Bonchev–Trinajstić information content (AvgIpc) is 2.76. The lowest BCUT2D eigenvalue weighted by Crippen LogP contribution is -2.36. The summed E-state index contributed by atoms with van der Waals surface area (Å²) in [5, 5.41) is 6.61. The van der Waals surface area contributed by atoms with E-state index in [0.29, 0.717) is 21.3 Å². The number of benzene rings is 1. The molecule has 0 atom stereocenters. The normalized spacial score (nSPS) is 15.9. The number of para-hydroxylation sites is 1. The highest BCUT2D eigenvalue weighted by Gasteiger charge is 2.16. The van der Waals surface area contributed by atoms with Gasteiger partial charge in [0, 0.05) is 10.5 Å². The van der Waals surface area contributed by atoms with Gasteiger partial charge in [-0.3, -0.25) is 0 Å². The van der Waals surface area contributed by atoms with Gasteiger partial charge in [-0.05, 0) is 53.1 Å². The van der Waals surface area contributed by atoms with Gasteiger partial charge in [0.15, 0.2) is 5.11 Å². The molecule has 2 N–H and O–H groups in total. The van der Waals surface area contributed by atoms with Crippen LogP contribution in [0.5, 0.6) is 0 Å². The second-order valence-corrected chi connectivity index (χ2v) is 5.44. The average molecular weight is 317 g/mol. The largest absolute Gasteiger partial charge is 0.360 e. The summed E-state index contributed by atoms with van der Waals surface area (Å²) in [6, 6.07) is 5.27. The third kappa shape index (κ3) is 3.39. The Morgan fingerprint density at radius 1 is 1.35 bits per heavy atom. The molecule has 2 nitrogen and oxygen atoms in total. The lowest BCUT2D eigenvalue weighted by molar-refractivity contribution is 0.626. The van der Waals surface area contributed by atoms with Crippen molar-refractivity contribution in [1.82, 2.24) is 5.32 Å². The van der Waals surface area contributed by atoms with Crippen LogP contribution in [0.15, 0.2) is 22.7 Å². The summed E-state index contributed by atoms with van der Waals surface area (Å²) in [4.78, 5) is 0. The van der Waals surface area contributed by atoms with Crippen LogP contribution in [-0.4, -0.2) is 11.2 Å². The Bertz CT molecular complexity index is 399. The molecule has 0 saturated heterocycles. The fourth-order valence-electron chi connectivity index (χ4n) is 2.02. The van der Waals surface area contributed by atoms with E-state index in [-0.39, 0.29) is 5.82 Å². The van der Waals surface area contributed by atoms with Crippen LogP contribution in [0, 0.1) is 5.82 Å². The van der Waals surface area contributed by atoms with Gasteiger partial charge in [0.2, 0.25) is 0 Å². The molecule has 0 unspecified atom stereocenters. The quantitative estimate of drug-likeness (QED) is 0.811. The maximum atomic E-state index is 13.5. The molecule has 1 aliphatic carbocycles. The smallest absolute Gasteiger partial charge is 0.171 e. The van der Waals surface area contributed by atoms with Crippen LogP contribution < -0.4 is 10.6 Å². The van der Waals surface area contributed by atoms with Crippen LogP contribution in [0.2, 0.25) is 0 Å². The van der Waals surface area contributed by atoms with Gasteiger partial charge in [0.05, 0.1) is 5.69 Å². The topological polar surface area (TPSA) is 24.1 Å². The summed E-state index contributed by atoms with van der Waals surface area (Å²) in [7, 11) is 0. The molecule has 92 valence electrons. The third-order valence-electron chi connectivity index (χ3n) is 2.89. The van der Waals surface area contributed by atoms with E-state index in [1.807, 2.05) is 0 Å². The standard InChI is InChI=1S/C12H14BrFN2S/c13-9-6-3-7-10(14)11(9)16-12(17)15-8-4-1-2-5-8/h3,6-8H,1-2,4-5H2,(H2,15,16,17). The summed E-state index contributed by atoms with van der Waals surface area (Å²) in [5.41, 5.74) is 0.392. The first kappa shape index (κ1) is 12.8. The molecule has 5 heteroatoms. The first-order chi connectivity index (χ1) is 8.16. The lowest BCUT2D eigenvalue weighted by Gasteiger charge is -2.16. The summed E-state index contributed by atoms with van der Waals surface area (Å²) in [6.45, 7) is 0. The minimum absolute atomic E-state index is 0.310. The molecule has 1 aliphatic rings. The highest BCUT2D eigenvalue weighted by Crippen LogP contribution is 2.25. The van der Waals surface area contributed by atoms with Crippen LogP contribution in [0.4, 0.5) is 10.1 Å². The zero-order valence-electron chi connectivity index (χ0n) is 9.30. The number of hydrogen-bond acceptors (Lipinski definition) is 1. The SMILES string of the molecule is Fc1cccc(Br)c1NC(=S)NC1CCCC1. The van der Waals surface area contributed by atoms with Crippen molar-refractivity contribution >= 4 is 38.9 Å². The first-order valence-corrected chi connectivity index (χ1v) is 6.88. The van der Waals surface area contributed by atoms with E-state index in [2.05, 4.69) is 26.6 Å². The van der Waals surface area contributed by atoms with E-state index in [1.54, 1.807) is 12.1 Å². The van der Waals surface area contributed by atoms with Crippen LogP contribution in [0.25, 0.3) is 0 Å². The molecule has 1 aromatic rings. The van der Waals surface area contributed by atoms with Gasteiger partial charge in [0.1, 0.15) is 5.82 Å². The van der Waals surface area contributed by atoms with Gasteiger partial charge in [0.25, 0.3) is 0 Å². The molecular weight excluding hydrogens is 303 g/mol. The van der Waals surface area contributed by atoms with Crippen LogP contribution >= 0.6 is 28.1 Å². The van der Waals surface area contributed by atoms with E-state index in [9.17, 15) is 4.39 Å². The number of hydrogen-bond donors (Lipinski definition) is 2. The van der Waals surface area contributed by atoms with E-state index in [4.69, 9.17) is 12.2 Å². The van der Waals surface area contributed by atoms with Gasteiger partial charge in [-0.25, -0.2) is 4.39 Å². The molecule has 0 radical (unpaired) electrons. The molecule has 17 heavy (non-hydrogen) atoms. The number of nitrogens with one attached hydrogen (secondary N) is 2. The monoisotopic (exact) mass is 316 g/mol. The Morgan fingerprint density at radius 2 is 2.06 bits per heavy atom. The van der Waals surface area contributed by atoms with Crippen molar-refractivity contribution in [2.24, 2.45) is 0 Å². The predicted molar refractivity (Wildman–Crippen MR) is 75.7 cm³/mol. The Labute approximate surface area is 114 Å².